The molecule has 0 aromatic heterocycles. The molecule has 0 fully saturated rings. The number of benzene rings is 2. The fourth-order valence-electron chi connectivity index (χ4n) is 2.38. The number of ketones is 1. The maximum absolute atomic E-state index is 12.6. The number of amides is 1. The minimum atomic E-state index is -0.242. The number of anilines is 1. The highest BCUT2D eigenvalue weighted by atomic mass is 16.5. The van der Waals surface area contributed by atoms with Crippen LogP contribution in [0.5, 0.6) is 5.75 Å². The lowest BCUT2D eigenvalue weighted by atomic mass is 10.1. The summed E-state index contributed by atoms with van der Waals surface area (Å²) in [6.07, 6.45) is 0.236. The molecule has 25 heavy (non-hydrogen) atoms. The SMILES string of the molecule is CC(=O)c1cccc(OCC(=O)N(CCC#N)c2cccc(C)c2)c1. The molecule has 0 atom stereocenters. The molecule has 0 radical (unpaired) electrons. The summed E-state index contributed by atoms with van der Waals surface area (Å²) >= 11 is 0. The molecule has 0 bridgehead atoms. The largest absolute Gasteiger partial charge is 0.484 e. The zero-order chi connectivity index (χ0) is 18.2. The summed E-state index contributed by atoms with van der Waals surface area (Å²) in [6.45, 7) is 3.56. The number of nitriles is 1. The molecule has 0 saturated heterocycles. The van der Waals surface area contributed by atoms with Gasteiger partial charge in [0.1, 0.15) is 5.75 Å². The molecule has 5 nitrogen and oxygen atoms in total. The van der Waals surface area contributed by atoms with Gasteiger partial charge in [0.25, 0.3) is 5.91 Å². The minimum absolute atomic E-state index is 0.0628. The van der Waals surface area contributed by atoms with Crippen molar-refractivity contribution in [2.45, 2.75) is 20.3 Å². The zero-order valence-electron chi connectivity index (χ0n) is 14.4. The number of carbonyl (C=O) groups is 2. The molecule has 2 rings (SSSR count). The quantitative estimate of drug-likeness (QED) is 0.725. The van der Waals surface area contributed by atoms with E-state index in [0.29, 0.717) is 17.9 Å². The van der Waals surface area contributed by atoms with Gasteiger partial charge in [0, 0.05) is 17.8 Å². The molecule has 5 heteroatoms. The molecule has 0 N–H and O–H groups in total. The number of hydrogen-bond acceptors (Lipinski definition) is 4. The third-order valence-corrected chi connectivity index (χ3v) is 3.66. The van der Waals surface area contributed by atoms with Crippen LogP contribution in [0.2, 0.25) is 0 Å². The van der Waals surface area contributed by atoms with Crippen LogP contribution >= 0.6 is 0 Å². The van der Waals surface area contributed by atoms with Crippen molar-refractivity contribution in [3.63, 3.8) is 0 Å². The third-order valence-electron chi connectivity index (χ3n) is 3.66. The molecule has 1 amide bonds. The highest BCUT2D eigenvalue weighted by molar-refractivity contribution is 5.95. The predicted molar refractivity (Wildman–Crippen MR) is 95.7 cm³/mol. The molecule has 0 aliphatic heterocycles. The van der Waals surface area contributed by atoms with Gasteiger partial charge in [-0.15, -0.1) is 0 Å². The number of aryl methyl sites for hydroxylation is 1. The van der Waals surface area contributed by atoms with E-state index in [0.717, 1.165) is 11.3 Å². The van der Waals surface area contributed by atoms with Gasteiger partial charge in [-0.25, -0.2) is 0 Å². The van der Waals surface area contributed by atoms with Crippen LogP contribution in [0.4, 0.5) is 5.69 Å². The van der Waals surface area contributed by atoms with Crippen molar-refractivity contribution >= 4 is 17.4 Å². The molecule has 0 spiro atoms. The Morgan fingerprint density at radius 3 is 2.60 bits per heavy atom. The van der Waals surface area contributed by atoms with Crippen molar-refractivity contribution in [1.82, 2.24) is 0 Å². The van der Waals surface area contributed by atoms with Crippen molar-refractivity contribution in [1.29, 1.82) is 5.26 Å². The Kier molecular flexibility index (Phi) is 6.30. The second-order valence-electron chi connectivity index (χ2n) is 5.67. The average molecular weight is 336 g/mol. The highest BCUT2D eigenvalue weighted by Gasteiger charge is 2.16. The lowest BCUT2D eigenvalue weighted by Crippen LogP contribution is -2.35. The molecule has 2 aromatic carbocycles. The van der Waals surface area contributed by atoms with Crippen LogP contribution in [0.3, 0.4) is 0 Å². The van der Waals surface area contributed by atoms with Crippen LogP contribution in [-0.4, -0.2) is 24.8 Å². The van der Waals surface area contributed by atoms with Crippen molar-refractivity contribution < 1.29 is 14.3 Å². The fourth-order valence-corrected chi connectivity index (χ4v) is 2.38. The summed E-state index contributed by atoms with van der Waals surface area (Å²) in [4.78, 5) is 25.5. The number of ether oxygens (including phenoxy) is 1. The maximum Gasteiger partial charge on any atom is 0.264 e. The Labute approximate surface area is 147 Å². The maximum atomic E-state index is 12.6. The Morgan fingerprint density at radius 1 is 1.16 bits per heavy atom. The Morgan fingerprint density at radius 2 is 1.92 bits per heavy atom. The number of rotatable bonds is 7. The van der Waals surface area contributed by atoms with E-state index in [-0.39, 0.29) is 24.7 Å². The van der Waals surface area contributed by atoms with Gasteiger partial charge in [-0.2, -0.15) is 5.26 Å². The molecule has 128 valence electrons. The molecule has 0 saturated carbocycles. The Hall–Kier alpha value is -3.13. The number of carbonyl (C=O) groups excluding carboxylic acids is 2. The first-order valence-electron chi connectivity index (χ1n) is 7.99. The summed E-state index contributed by atoms with van der Waals surface area (Å²) in [5.41, 5.74) is 2.30. The first-order valence-corrected chi connectivity index (χ1v) is 7.99. The van der Waals surface area contributed by atoms with E-state index in [4.69, 9.17) is 10.00 Å². The standard InChI is InChI=1S/C20H20N2O3/c1-15-6-3-8-18(12-15)22(11-5-10-21)20(24)14-25-19-9-4-7-17(13-19)16(2)23/h3-4,6-9,12-13H,5,11,14H2,1-2H3. The van der Waals surface area contributed by atoms with Gasteiger partial charge in [0.2, 0.25) is 0 Å². The molecular formula is C20H20N2O3. The molecule has 0 aliphatic rings. The van der Waals surface area contributed by atoms with Crippen LogP contribution in [0.1, 0.15) is 29.3 Å². The van der Waals surface area contributed by atoms with Gasteiger partial charge >= 0.3 is 0 Å². The van der Waals surface area contributed by atoms with E-state index in [2.05, 4.69) is 6.07 Å². The van der Waals surface area contributed by atoms with Crippen molar-refractivity contribution in [2.24, 2.45) is 0 Å². The minimum Gasteiger partial charge on any atom is -0.484 e. The molecule has 2 aromatic rings. The van der Waals surface area contributed by atoms with Crippen LogP contribution in [0, 0.1) is 18.3 Å². The third kappa shape index (κ3) is 5.18. The normalized spacial score (nSPS) is 9.96. The number of Topliss-reactive ketones (excluding diaryl/α,β-unsaturated/α-hetero) is 1. The van der Waals surface area contributed by atoms with Gasteiger partial charge in [0.05, 0.1) is 12.5 Å². The number of nitrogens with zero attached hydrogens (tertiary/aromatic N) is 2. The molecule has 0 heterocycles. The number of hydrogen-bond donors (Lipinski definition) is 0. The van der Waals surface area contributed by atoms with Gasteiger partial charge < -0.3 is 9.64 Å². The lowest BCUT2D eigenvalue weighted by molar-refractivity contribution is -0.120. The monoisotopic (exact) mass is 336 g/mol. The Bertz CT molecular complexity index is 809. The van der Waals surface area contributed by atoms with E-state index in [9.17, 15) is 9.59 Å². The summed E-state index contributed by atoms with van der Waals surface area (Å²) in [7, 11) is 0. The molecule has 0 unspecified atom stereocenters. The van der Waals surface area contributed by atoms with Crippen LogP contribution in [0.25, 0.3) is 0 Å². The van der Waals surface area contributed by atoms with Crippen LogP contribution in [0.15, 0.2) is 48.5 Å². The Balaban J connectivity index is 2.10. The lowest BCUT2D eigenvalue weighted by Gasteiger charge is -2.22. The van der Waals surface area contributed by atoms with E-state index in [1.807, 2.05) is 31.2 Å². The summed E-state index contributed by atoms with van der Waals surface area (Å²) < 4.78 is 5.54. The first kappa shape index (κ1) is 18.2. The van der Waals surface area contributed by atoms with Gasteiger partial charge in [-0.3, -0.25) is 9.59 Å². The van der Waals surface area contributed by atoms with Crippen molar-refractivity contribution in [2.75, 3.05) is 18.1 Å². The van der Waals surface area contributed by atoms with Gasteiger partial charge in [0.15, 0.2) is 12.4 Å². The van der Waals surface area contributed by atoms with E-state index < -0.39 is 0 Å². The van der Waals surface area contributed by atoms with Crippen LogP contribution < -0.4 is 9.64 Å². The fraction of sp³-hybridized carbons (Fsp3) is 0.250. The van der Waals surface area contributed by atoms with E-state index in [1.54, 1.807) is 29.2 Å². The van der Waals surface area contributed by atoms with E-state index >= 15 is 0 Å². The average Bonchev–Trinajstić information content (AvgIpc) is 2.60. The zero-order valence-corrected chi connectivity index (χ0v) is 14.4. The second-order valence-corrected chi connectivity index (χ2v) is 5.67. The smallest absolute Gasteiger partial charge is 0.264 e. The topological polar surface area (TPSA) is 70.4 Å². The van der Waals surface area contributed by atoms with Gasteiger partial charge in [-0.1, -0.05) is 24.3 Å². The first-order chi connectivity index (χ1) is 12.0. The summed E-state index contributed by atoms with van der Waals surface area (Å²) in [5, 5.41) is 8.84. The summed E-state index contributed by atoms with van der Waals surface area (Å²) in [6, 6.07) is 16.3. The predicted octanol–water partition coefficient (Wildman–Crippen LogP) is 3.52. The van der Waals surface area contributed by atoms with E-state index in [1.165, 1.54) is 6.92 Å². The van der Waals surface area contributed by atoms with Crippen molar-refractivity contribution in [3.8, 4) is 11.8 Å². The van der Waals surface area contributed by atoms with Crippen molar-refractivity contribution in [3.05, 3.63) is 59.7 Å². The summed E-state index contributed by atoms with van der Waals surface area (Å²) in [5.74, 6) is 0.159. The molecule has 0 aliphatic carbocycles. The highest BCUT2D eigenvalue weighted by Crippen LogP contribution is 2.18. The molecular weight excluding hydrogens is 316 g/mol. The van der Waals surface area contributed by atoms with Crippen LogP contribution in [-0.2, 0) is 4.79 Å². The second kappa shape index (κ2) is 8.65. The van der Waals surface area contributed by atoms with Gasteiger partial charge in [-0.05, 0) is 43.7 Å².